The van der Waals surface area contributed by atoms with Crippen LogP contribution < -0.4 is 21.7 Å². The second kappa shape index (κ2) is 11.4. The van der Waals surface area contributed by atoms with E-state index in [0.717, 1.165) is 32.3 Å². The van der Waals surface area contributed by atoms with Gasteiger partial charge >= 0.3 is 12.0 Å². The highest BCUT2D eigenvalue weighted by Gasteiger charge is 2.14. The monoisotopic (exact) mass is 515 g/mol. The molecule has 0 bridgehead atoms. The Morgan fingerprint density at radius 3 is 2.57 bits per heavy atom. The third-order valence-electron chi connectivity index (χ3n) is 5.43. The first-order valence-corrected chi connectivity index (χ1v) is 12.3. The molecule has 2 aromatic carbocycles. The van der Waals surface area contributed by atoms with Crippen LogP contribution >= 0.6 is 11.3 Å². The Morgan fingerprint density at radius 2 is 1.84 bits per heavy atom. The minimum absolute atomic E-state index is 0.0511. The van der Waals surface area contributed by atoms with Gasteiger partial charge in [-0.3, -0.25) is 9.59 Å². The zero-order chi connectivity index (χ0) is 26.4. The number of thiophene rings is 1. The zero-order valence-electron chi connectivity index (χ0n) is 19.9. The van der Waals surface area contributed by atoms with Gasteiger partial charge in [-0.2, -0.15) is 0 Å². The number of carbonyl (C=O) groups excluding carboxylic acids is 2. The van der Waals surface area contributed by atoms with Crippen LogP contribution in [0.5, 0.6) is 0 Å². The number of benzene rings is 2. The number of aryl methyl sites for hydroxylation is 1. The average Bonchev–Trinajstić information content (AvgIpc) is 3.30. The van der Waals surface area contributed by atoms with Gasteiger partial charge in [0.1, 0.15) is 5.82 Å². The number of aliphatic carboxylic acids is 1. The van der Waals surface area contributed by atoms with Crippen LogP contribution in [0.1, 0.15) is 17.5 Å². The summed E-state index contributed by atoms with van der Waals surface area (Å²) in [5.74, 6) is -0.999. The number of hydrogen-bond acceptors (Lipinski definition) is 6. The van der Waals surface area contributed by atoms with Crippen LogP contribution in [-0.4, -0.2) is 34.5 Å². The number of carboxylic acids is 1. The molecule has 0 radical (unpaired) electrons. The normalized spacial score (nSPS) is 10.9. The molecular weight excluding hydrogens is 490 g/mol. The standard InChI is InChI=1S/C27H25N5O4S/c1-16-3-2-4-20(13-16)32-27(36)31-19-8-5-17(6-9-19)21-15-37-25-18(14-30-26(28)24(21)25)7-10-22(33)29-12-11-23(34)35/h2-10,13-15H,11-12H2,1H3,(H2,28,30)(H,29,33)(H,34,35)(H2,31,32,36)/b10-7+. The molecule has 0 fully saturated rings. The lowest BCUT2D eigenvalue weighted by Gasteiger charge is -2.09. The quantitative estimate of drug-likeness (QED) is 0.206. The molecule has 2 aromatic heterocycles. The summed E-state index contributed by atoms with van der Waals surface area (Å²) >= 11 is 1.48. The average molecular weight is 516 g/mol. The predicted octanol–water partition coefficient (Wildman–Crippen LogP) is 5.10. The fourth-order valence-corrected chi connectivity index (χ4v) is 4.76. The number of nitrogens with one attached hydrogen (secondary N) is 3. The SMILES string of the molecule is Cc1cccc(NC(=O)Nc2ccc(-c3csc4c(/C=C/C(=O)NCCC(=O)O)cnc(N)c34)cc2)c1. The van der Waals surface area contributed by atoms with Crippen molar-refractivity contribution in [2.45, 2.75) is 13.3 Å². The first kappa shape index (κ1) is 25.4. The maximum absolute atomic E-state index is 12.4. The van der Waals surface area contributed by atoms with Crippen LogP contribution in [0.25, 0.3) is 27.3 Å². The lowest BCUT2D eigenvalue weighted by Crippen LogP contribution is -2.23. The molecule has 2 heterocycles. The largest absolute Gasteiger partial charge is 0.481 e. The molecule has 10 heteroatoms. The lowest BCUT2D eigenvalue weighted by molar-refractivity contribution is -0.136. The summed E-state index contributed by atoms with van der Waals surface area (Å²) in [6.07, 6.45) is 4.42. The Kier molecular flexibility index (Phi) is 7.80. The summed E-state index contributed by atoms with van der Waals surface area (Å²) in [5, 5.41) is 19.6. The van der Waals surface area contributed by atoms with E-state index in [-0.39, 0.29) is 19.0 Å². The molecule has 4 rings (SSSR count). The van der Waals surface area contributed by atoms with Gasteiger partial charge < -0.3 is 26.8 Å². The van der Waals surface area contributed by atoms with E-state index in [1.54, 1.807) is 12.3 Å². The van der Waals surface area contributed by atoms with E-state index in [1.807, 2.05) is 60.8 Å². The first-order chi connectivity index (χ1) is 17.8. The Morgan fingerprint density at radius 1 is 1.08 bits per heavy atom. The molecule has 188 valence electrons. The summed E-state index contributed by atoms with van der Waals surface area (Å²) in [5.41, 5.74) is 11.1. The minimum atomic E-state index is -0.978. The van der Waals surface area contributed by atoms with Crippen LogP contribution in [-0.2, 0) is 9.59 Å². The van der Waals surface area contributed by atoms with Gasteiger partial charge in [-0.1, -0.05) is 24.3 Å². The number of amides is 3. The molecule has 0 aliphatic carbocycles. The maximum Gasteiger partial charge on any atom is 0.323 e. The van der Waals surface area contributed by atoms with Gasteiger partial charge in [0.15, 0.2) is 0 Å². The van der Waals surface area contributed by atoms with Crippen molar-refractivity contribution in [1.82, 2.24) is 10.3 Å². The molecule has 0 saturated heterocycles. The number of anilines is 3. The van der Waals surface area contributed by atoms with Crippen molar-refractivity contribution in [2.24, 2.45) is 0 Å². The summed E-state index contributed by atoms with van der Waals surface area (Å²) in [4.78, 5) is 39.2. The van der Waals surface area contributed by atoms with Crippen LogP contribution in [0.3, 0.4) is 0 Å². The molecule has 0 atom stereocenters. The van der Waals surface area contributed by atoms with Gasteiger partial charge in [-0.15, -0.1) is 11.3 Å². The van der Waals surface area contributed by atoms with E-state index in [2.05, 4.69) is 20.9 Å². The summed E-state index contributed by atoms with van der Waals surface area (Å²) < 4.78 is 0.872. The smallest absolute Gasteiger partial charge is 0.323 e. The van der Waals surface area contributed by atoms with E-state index in [1.165, 1.54) is 17.4 Å². The number of fused-ring (bicyclic) bond motifs is 1. The maximum atomic E-state index is 12.4. The molecule has 6 N–H and O–H groups in total. The molecule has 0 unspecified atom stereocenters. The molecular formula is C27H25N5O4S. The molecule has 0 aliphatic rings. The molecule has 3 amide bonds. The molecule has 0 aliphatic heterocycles. The number of pyridine rings is 1. The van der Waals surface area contributed by atoms with E-state index in [4.69, 9.17) is 10.8 Å². The Bertz CT molecular complexity index is 1490. The van der Waals surface area contributed by atoms with Crippen molar-refractivity contribution in [3.8, 4) is 11.1 Å². The summed E-state index contributed by atoms with van der Waals surface area (Å²) in [6.45, 7) is 2.01. The number of carbonyl (C=O) groups is 3. The van der Waals surface area contributed by atoms with E-state index >= 15 is 0 Å². The second-order valence-electron chi connectivity index (χ2n) is 8.25. The van der Waals surface area contributed by atoms with Crippen LogP contribution in [0.4, 0.5) is 22.0 Å². The topological polar surface area (TPSA) is 146 Å². The van der Waals surface area contributed by atoms with Crippen molar-refractivity contribution in [3.63, 3.8) is 0 Å². The minimum Gasteiger partial charge on any atom is -0.481 e. The number of aromatic nitrogens is 1. The van der Waals surface area contributed by atoms with E-state index in [0.29, 0.717) is 17.2 Å². The van der Waals surface area contributed by atoms with Gasteiger partial charge in [0.2, 0.25) is 5.91 Å². The number of nitrogens with two attached hydrogens (primary N) is 1. The second-order valence-corrected chi connectivity index (χ2v) is 9.13. The fourth-order valence-electron chi connectivity index (χ4n) is 3.68. The van der Waals surface area contributed by atoms with Gasteiger partial charge in [0.05, 0.1) is 6.42 Å². The Balaban J connectivity index is 1.48. The third-order valence-corrected chi connectivity index (χ3v) is 6.46. The highest BCUT2D eigenvalue weighted by Crippen LogP contribution is 2.39. The highest BCUT2D eigenvalue weighted by atomic mass is 32.1. The van der Waals surface area contributed by atoms with Crippen molar-refractivity contribution < 1.29 is 19.5 Å². The van der Waals surface area contributed by atoms with Gasteiger partial charge in [0, 0.05) is 51.4 Å². The Labute approximate surface area is 217 Å². The Hall–Kier alpha value is -4.70. The van der Waals surface area contributed by atoms with Crippen LogP contribution in [0, 0.1) is 6.92 Å². The lowest BCUT2D eigenvalue weighted by atomic mass is 10.0. The zero-order valence-corrected chi connectivity index (χ0v) is 20.8. The third kappa shape index (κ3) is 6.50. The summed E-state index contributed by atoms with van der Waals surface area (Å²) in [7, 11) is 0. The number of carboxylic acid groups (broad SMARTS) is 1. The van der Waals surface area contributed by atoms with Gasteiger partial charge in [-0.05, 0) is 53.8 Å². The van der Waals surface area contributed by atoms with Crippen molar-refractivity contribution in [3.05, 3.63) is 77.3 Å². The first-order valence-electron chi connectivity index (χ1n) is 11.4. The molecule has 37 heavy (non-hydrogen) atoms. The fraction of sp³-hybridized carbons (Fsp3) is 0.111. The van der Waals surface area contributed by atoms with Crippen molar-refractivity contribution in [1.29, 1.82) is 0 Å². The number of nitrogen functional groups attached to an aromatic ring is 1. The molecule has 0 spiro atoms. The number of urea groups is 1. The highest BCUT2D eigenvalue weighted by molar-refractivity contribution is 7.18. The van der Waals surface area contributed by atoms with Crippen molar-refractivity contribution >= 4 is 62.6 Å². The number of rotatable bonds is 8. The summed E-state index contributed by atoms with van der Waals surface area (Å²) in [6, 6.07) is 14.6. The van der Waals surface area contributed by atoms with Crippen LogP contribution in [0.15, 0.2) is 66.2 Å². The molecule has 4 aromatic rings. The van der Waals surface area contributed by atoms with E-state index in [9.17, 15) is 14.4 Å². The molecule has 0 saturated carbocycles. The van der Waals surface area contributed by atoms with E-state index < -0.39 is 11.9 Å². The van der Waals surface area contributed by atoms with Gasteiger partial charge in [0.25, 0.3) is 0 Å². The number of hydrogen-bond donors (Lipinski definition) is 5. The predicted molar refractivity (Wildman–Crippen MR) is 148 cm³/mol. The number of nitrogens with zero attached hydrogens (tertiary/aromatic N) is 1. The van der Waals surface area contributed by atoms with Gasteiger partial charge in [-0.25, -0.2) is 9.78 Å². The van der Waals surface area contributed by atoms with Crippen molar-refractivity contribution in [2.75, 3.05) is 22.9 Å². The molecule has 9 nitrogen and oxygen atoms in total. The van der Waals surface area contributed by atoms with Crippen LogP contribution in [0.2, 0.25) is 0 Å².